The van der Waals surface area contributed by atoms with Crippen molar-refractivity contribution in [2.45, 2.75) is 43.8 Å². The van der Waals surface area contributed by atoms with Gasteiger partial charge in [-0.25, -0.2) is 12.8 Å². The molecule has 0 unspecified atom stereocenters. The number of hydrogen-bond acceptors (Lipinski definition) is 3. The minimum Gasteiger partial charge on any atom is -0.233 e. The molecule has 0 spiro atoms. The maximum absolute atomic E-state index is 12.2. The first-order valence-corrected chi connectivity index (χ1v) is 11.0. The van der Waals surface area contributed by atoms with Crippen LogP contribution in [0.2, 0.25) is 22.5 Å². The van der Waals surface area contributed by atoms with Gasteiger partial charge in [0.15, 0.2) is 0 Å². The highest BCUT2D eigenvalue weighted by molar-refractivity contribution is 7.91. The van der Waals surface area contributed by atoms with E-state index in [4.69, 9.17) is 11.6 Å². The fourth-order valence-corrected chi connectivity index (χ4v) is 7.17. The quantitative estimate of drug-likeness (QED) is 0.865. The van der Waals surface area contributed by atoms with Crippen LogP contribution in [0.15, 0.2) is 16.3 Å². The minimum absolute atomic E-state index is 0.0418. The topological polar surface area (TPSA) is 46.2 Å². The lowest BCUT2D eigenvalue weighted by Crippen LogP contribution is -2.54. The SMILES string of the molecule is CC(C)(C)[Si](C)(C)NS(=O)(=O)c1csc(Cl)c1. The highest BCUT2D eigenvalue weighted by atomic mass is 35.5. The molecule has 0 radical (unpaired) electrons. The van der Waals surface area contributed by atoms with Crippen LogP contribution in [0.25, 0.3) is 0 Å². The molecule has 3 nitrogen and oxygen atoms in total. The van der Waals surface area contributed by atoms with Crippen LogP contribution in [0.3, 0.4) is 0 Å². The first-order chi connectivity index (χ1) is 7.46. The van der Waals surface area contributed by atoms with Crippen LogP contribution in [0.4, 0.5) is 0 Å². The zero-order chi connectivity index (χ0) is 13.5. The summed E-state index contributed by atoms with van der Waals surface area (Å²) in [5.74, 6) is 0. The van der Waals surface area contributed by atoms with Crippen molar-refractivity contribution in [2.75, 3.05) is 0 Å². The molecule has 1 aromatic heterocycles. The fraction of sp³-hybridized carbons (Fsp3) is 0.600. The van der Waals surface area contributed by atoms with Gasteiger partial charge in [-0.2, -0.15) is 0 Å². The first-order valence-electron chi connectivity index (χ1n) is 5.24. The molecular weight excluding hydrogens is 294 g/mol. The Kier molecular flexibility index (Phi) is 4.16. The molecule has 98 valence electrons. The molecule has 1 heterocycles. The number of halogens is 1. The van der Waals surface area contributed by atoms with Crippen molar-refractivity contribution in [2.24, 2.45) is 0 Å². The molecule has 0 saturated carbocycles. The molecule has 0 saturated heterocycles. The summed E-state index contributed by atoms with van der Waals surface area (Å²) in [4.78, 5) is 0.261. The predicted octanol–water partition coefficient (Wildman–Crippen LogP) is 3.69. The van der Waals surface area contributed by atoms with E-state index in [1.165, 1.54) is 17.4 Å². The molecule has 0 aliphatic carbocycles. The summed E-state index contributed by atoms with van der Waals surface area (Å²) in [6, 6.07) is 1.49. The average molecular weight is 312 g/mol. The van der Waals surface area contributed by atoms with Gasteiger partial charge in [0.05, 0.1) is 9.23 Å². The van der Waals surface area contributed by atoms with E-state index in [0.29, 0.717) is 4.34 Å². The lowest BCUT2D eigenvalue weighted by Gasteiger charge is -2.36. The Bertz CT molecular complexity index is 503. The Balaban J connectivity index is 3.03. The second-order valence-corrected chi connectivity index (χ2v) is 14.2. The van der Waals surface area contributed by atoms with E-state index in [1.807, 2.05) is 13.1 Å². The van der Waals surface area contributed by atoms with Crippen molar-refractivity contribution < 1.29 is 8.42 Å². The van der Waals surface area contributed by atoms with Gasteiger partial charge in [-0.15, -0.1) is 11.3 Å². The molecule has 0 bridgehead atoms. The standard InChI is InChI=1S/C10H18ClNO2S2Si/c1-10(2,3)17(4,5)12-16(13,14)8-6-9(11)15-7-8/h6-7,12H,1-5H3. The van der Waals surface area contributed by atoms with E-state index in [9.17, 15) is 8.42 Å². The van der Waals surface area contributed by atoms with Gasteiger partial charge in [0.1, 0.15) is 8.24 Å². The van der Waals surface area contributed by atoms with Gasteiger partial charge < -0.3 is 0 Å². The second-order valence-electron chi connectivity index (χ2n) is 5.57. The minimum atomic E-state index is -3.44. The van der Waals surface area contributed by atoms with Crippen molar-refractivity contribution in [1.29, 1.82) is 0 Å². The van der Waals surface area contributed by atoms with Crippen LogP contribution in [0, 0.1) is 0 Å². The number of nitrogens with one attached hydrogen (secondary N) is 1. The third-order valence-corrected chi connectivity index (χ3v) is 12.1. The summed E-state index contributed by atoms with van der Waals surface area (Å²) >= 11 is 6.99. The number of hydrogen-bond donors (Lipinski definition) is 1. The molecule has 0 aliphatic rings. The summed E-state index contributed by atoms with van der Waals surface area (Å²) in [5, 5.41) is 1.53. The number of sulfonamides is 1. The van der Waals surface area contributed by atoms with E-state index >= 15 is 0 Å². The second kappa shape index (κ2) is 4.66. The average Bonchev–Trinajstić information content (AvgIpc) is 2.48. The smallest absolute Gasteiger partial charge is 0.233 e. The Morgan fingerprint density at radius 2 is 1.88 bits per heavy atom. The Hall–Kier alpha value is 0.117. The maximum atomic E-state index is 12.2. The molecule has 17 heavy (non-hydrogen) atoms. The monoisotopic (exact) mass is 311 g/mol. The van der Waals surface area contributed by atoms with Crippen LogP contribution in [0.5, 0.6) is 0 Å². The fourth-order valence-electron chi connectivity index (χ4n) is 0.983. The zero-order valence-corrected chi connectivity index (χ0v) is 14.1. The highest BCUT2D eigenvalue weighted by Gasteiger charge is 2.39. The molecular formula is C10H18ClNO2S2Si. The van der Waals surface area contributed by atoms with Gasteiger partial charge in [0.25, 0.3) is 0 Å². The molecule has 0 atom stereocenters. The van der Waals surface area contributed by atoms with Crippen LogP contribution < -0.4 is 4.39 Å². The normalized spacial score (nSPS) is 14.0. The Labute approximate surface area is 113 Å². The lowest BCUT2D eigenvalue weighted by atomic mass is 10.2. The van der Waals surface area contributed by atoms with Gasteiger partial charge in [-0.3, -0.25) is 0 Å². The van der Waals surface area contributed by atoms with Gasteiger partial charge >= 0.3 is 0 Å². The summed E-state index contributed by atoms with van der Waals surface area (Å²) in [7, 11) is -5.53. The first kappa shape index (κ1) is 15.2. The van der Waals surface area contributed by atoms with Crippen molar-refractivity contribution in [3.8, 4) is 0 Å². The molecule has 1 N–H and O–H groups in total. The van der Waals surface area contributed by atoms with Crippen LogP contribution >= 0.6 is 22.9 Å². The van der Waals surface area contributed by atoms with E-state index < -0.39 is 18.3 Å². The predicted molar refractivity (Wildman–Crippen MR) is 76.8 cm³/mol. The highest BCUT2D eigenvalue weighted by Crippen LogP contribution is 2.35. The summed E-state index contributed by atoms with van der Waals surface area (Å²) < 4.78 is 27.7. The third kappa shape index (κ3) is 3.54. The molecule has 0 aliphatic heterocycles. The van der Waals surface area contributed by atoms with E-state index in [0.717, 1.165) is 0 Å². The summed E-state index contributed by atoms with van der Waals surface area (Å²) in [6.45, 7) is 10.2. The van der Waals surface area contributed by atoms with Crippen molar-refractivity contribution in [3.63, 3.8) is 0 Å². The largest absolute Gasteiger partial charge is 0.235 e. The van der Waals surface area contributed by atoms with Gasteiger partial charge in [-0.05, 0) is 11.1 Å². The molecule has 0 fully saturated rings. The molecule has 1 aromatic rings. The summed E-state index contributed by atoms with van der Waals surface area (Å²) in [5.41, 5.74) is 0. The number of thiophene rings is 1. The Morgan fingerprint density at radius 1 is 1.35 bits per heavy atom. The van der Waals surface area contributed by atoms with E-state index in [-0.39, 0.29) is 9.93 Å². The van der Waals surface area contributed by atoms with Crippen molar-refractivity contribution in [1.82, 2.24) is 4.39 Å². The van der Waals surface area contributed by atoms with Gasteiger partial charge in [0.2, 0.25) is 10.0 Å². The molecule has 7 heteroatoms. The zero-order valence-electron chi connectivity index (χ0n) is 10.7. The van der Waals surface area contributed by atoms with Crippen LogP contribution in [-0.4, -0.2) is 16.7 Å². The maximum Gasteiger partial charge on any atom is 0.235 e. The van der Waals surface area contributed by atoms with E-state index in [1.54, 1.807) is 5.38 Å². The molecule has 0 amide bonds. The summed E-state index contributed by atoms with van der Waals surface area (Å²) in [6.07, 6.45) is 0. The van der Waals surface area contributed by atoms with Gasteiger partial charge in [0, 0.05) is 5.38 Å². The van der Waals surface area contributed by atoms with Crippen LogP contribution in [0.1, 0.15) is 20.8 Å². The number of rotatable bonds is 3. The lowest BCUT2D eigenvalue weighted by molar-refractivity contribution is 0.589. The van der Waals surface area contributed by atoms with Gasteiger partial charge in [-0.1, -0.05) is 45.5 Å². The van der Waals surface area contributed by atoms with E-state index in [2.05, 4.69) is 25.2 Å². The van der Waals surface area contributed by atoms with Crippen molar-refractivity contribution in [3.05, 3.63) is 15.8 Å². The molecule has 0 aromatic carbocycles. The van der Waals surface area contributed by atoms with Crippen LogP contribution in [-0.2, 0) is 10.0 Å². The third-order valence-electron chi connectivity index (χ3n) is 3.12. The van der Waals surface area contributed by atoms with Crippen molar-refractivity contribution >= 4 is 41.2 Å². The Morgan fingerprint density at radius 3 is 2.24 bits per heavy atom. The molecule has 1 rings (SSSR count).